The van der Waals surface area contributed by atoms with Gasteiger partial charge in [-0.05, 0) is 26.0 Å². The molecule has 0 spiro atoms. The van der Waals surface area contributed by atoms with E-state index < -0.39 is 16.5 Å². The van der Waals surface area contributed by atoms with Crippen molar-refractivity contribution in [2.24, 2.45) is 0 Å². The first kappa shape index (κ1) is 16.1. The van der Waals surface area contributed by atoms with E-state index in [1.807, 2.05) is 6.92 Å². The molecule has 23 heavy (non-hydrogen) atoms. The first-order valence-corrected chi connectivity index (χ1v) is 6.78. The van der Waals surface area contributed by atoms with E-state index in [0.717, 1.165) is 11.9 Å². The van der Waals surface area contributed by atoms with Crippen molar-refractivity contribution >= 4 is 17.4 Å². The van der Waals surface area contributed by atoms with Crippen LogP contribution in [0.4, 0.5) is 11.5 Å². The van der Waals surface area contributed by atoms with Crippen LogP contribution < -0.4 is 15.6 Å². The number of nitro groups is 1. The number of nitrogens with zero attached hydrogens (tertiary/aromatic N) is 3. The average Bonchev–Trinajstić information content (AvgIpc) is 2.53. The van der Waals surface area contributed by atoms with Crippen molar-refractivity contribution in [3.05, 3.63) is 51.8 Å². The standard InChI is InChI=1S/C14H15N5O4/c1-3-23-14-11(19(21)22)12(15-8-16-14)17-18-13(20)10-6-4-9(2)5-7-10/h4-8H,3H2,1-2H3,(H,18,20)(H,15,16,17). The third-order valence-electron chi connectivity index (χ3n) is 2.86. The van der Waals surface area contributed by atoms with Gasteiger partial charge in [-0.15, -0.1) is 0 Å². The lowest BCUT2D eigenvalue weighted by molar-refractivity contribution is -0.385. The van der Waals surface area contributed by atoms with Gasteiger partial charge in [-0.1, -0.05) is 17.7 Å². The van der Waals surface area contributed by atoms with Crippen LogP contribution in [0.3, 0.4) is 0 Å². The molecule has 2 aromatic rings. The summed E-state index contributed by atoms with van der Waals surface area (Å²) in [5.74, 6) is -0.774. The second-order valence-corrected chi connectivity index (χ2v) is 4.51. The minimum atomic E-state index is -0.675. The number of aryl methyl sites for hydroxylation is 1. The zero-order chi connectivity index (χ0) is 16.8. The Morgan fingerprint density at radius 1 is 1.30 bits per heavy atom. The fourth-order valence-corrected chi connectivity index (χ4v) is 1.75. The fourth-order valence-electron chi connectivity index (χ4n) is 1.75. The van der Waals surface area contributed by atoms with Crippen LogP contribution in [0.2, 0.25) is 0 Å². The van der Waals surface area contributed by atoms with Crippen molar-refractivity contribution in [3.63, 3.8) is 0 Å². The van der Waals surface area contributed by atoms with Crippen LogP contribution in [0.25, 0.3) is 0 Å². The van der Waals surface area contributed by atoms with E-state index in [4.69, 9.17) is 4.74 Å². The molecule has 0 saturated heterocycles. The van der Waals surface area contributed by atoms with Crippen LogP contribution in [0.15, 0.2) is 30.6 Å². The van der Waals surface area contributed by atoms with E-state index in [2.05, 4.69) is 20.8 Å². The smallest absolute Gasteiger partial charge is 0.374 e. The van der Waals surface area contributed by atoms with Gasteiger partial charge in [0.25, 0.3) is 11.8 Å². The van der Waals surface area contributed by atoms with E-state index in [1.165, 1.54) is 0 Å². The number of rotatable bonds is 6. The third kappa shape index (κ3) is 3.90. The van der Waals surface area contributed by atoms with Crippen molar-refractivity contribution in [1.82, 2.24) is 15.4 Å². The van der Waals surface area contributed by atoms with Crippen molar-refractivity contribution < 1.29 is 14.5 Å². The third-order valence-corrected chi connectivity index (χ3v) is 2.86. The highest BCUT2D eigenvalue weighted by molar-refractivity contribution is 5.95. The monoisotopic (exact) mass is 317 g/mol. The second kappa shape index (κ2) is 7.16. The summed E-state index contributed by atoms with van der Waals surface area (Å²) in [4.78, 5) is 30.0. The Kier molecular flexibility index (Phi) is 5.03. The highest BCUT2D eigenvalue weighted by Crippen LogP contribution is 2.30. The van der Waals surface area contributed by atoms with E-state index in [1.54, 1.807) is 31.2 Å². The number of aromatic nitrogens is 2. The molecule has 0 radical (unpaired) electrons. The Labute approximate surface area is 131 Å². The van der Waals surface area contributed by atoms with Crippen LogP contribution in [-0.2, 0) is 0 Å². The number of carbonyl (C=O) groups is 1. The molecule has 0 saturated carbocycles. The molecular formula is C14H15N5O4. The molecule has 0 atom stereocenters. The second-order valence-electron chi connectivity index (χ2n) is 4.51. The van der Waals surface area contributed by atoms with Crippen LogP contribution in [-0.4, -0.2) is 27.4 Å². The van der Waals surface area contributed by atoms with Gasteiger partial charge in [0, 0.05) is 5.56 Å². The molecule has 1 heterocycles. The van der Waals surface area contributed by atoms with Gasteiger partial charge in [0.1, 0.15) is 6.33 Å². The highest BCUT2D eigenvalue weighted by atomic mass is 16.6. The Hall–Kier alpha value is -3.23. The molecule has 0 fully saturated rings. The summed E-state index contributed by atoms with van der Waals surface area (Å²) in [6.45, 7) is 3.80. The van der Waals surface area contributed by atoms with Gasteiger partial charge in [-0.2, -0.15) is 4.98 Å². The number of hydrogen-bond acceptors (Lipinski definition) is 7. The summed E-state index contributed by atoms with van der Waals surface area (Å²) >= 11 is 0. The molecule has 0 aliphatic heterocycles. The molecule has 1 amide bonds. The maximum Gasteiger partial charge on any atom is 0.374 e. The largest absolute Gasteiger partial charge is 0.473 e. The summed E-state index contributed by atoms with van der Waals surface area (Å²) < 4.78 is 5.10. The summed E-state index contributed by atoms with van der Waals surface area (Å²) in [5.41, 5.74) is 5.77. The van der Waals surface area contributed by atoms with Crippen LogP contribution >= 0.6 is 0 Å². The molecule has 2 rings (SSSR count). The lowest BCUT2D eigenvalue weighted by Gasteiger charge is -2.09. The zero-order valence-corrected chi connectivity index (χ0v) is 12.6. The van der Waals surface area contributed by atoms with Gasteiger partial charge in [0.05, 0.1) is 11.5 Å². The van der Waals surface area contributed by atoms with Gasteiger partial charge in [0.15, 0.2) is 0 Å². The van der Waals surface area contributed by atoms with E-state index >= 15 is 0 Å². The van der Waals surface area contributed by atoms with Crippen molar-refractivity contribution in [3.8, 4) is 5.88 Å². The number of amides is 1. The first-order valence-electron chi connectivity index (χ1n) is 6.78. The van der Waals surface area contributed by atoms with E-state index in [-0.39, 0.29) is 18.3 Å². The van der Waals surface area contributed by atoms with Gasteiger partial charge in [0.2, 0.25) is 5.82 Å². The molecule has 0 aliphatic carbocycles. The number of hydrogen-bond donors (Lipinski definition) is 2. The SMILES string of the molecule is CCOc1ncnc(NNC(=O)c2ccc(C)cc2)c1[N+](=O)[O-]. The number of benzene rings is 1. The van der Waals surface area contributed by atoms with Crippen molar-refractivity contribution in [1.29, 1.82) is 0 Å². The maximum atomic E-state index is 12.0. The summed E-state index contributed by atoms with van der Waals surface area (Å²) in [7, 11) is 0. The normalized spacial score (nSPS) is 10.0. The molecule has 2 N–H and O–H groups in total. The Morgan fingerprint density at radius 3 is 2.61 bits per heavy atom. The van der Waals surface area contributed by atoms with Gasteiger partial charge in [-0.25, -0.2) is 4.98 Å². The molecule has 9 nitrogen and oxygen atoms in total. The van der Waals surface area contributed by atoms with E-state index in [0.29, 0.717) is 5.56 Å². The molecule has 0 unspecified atom stereocenters. The molecular weight excluding hydrogens is 302 g/mol. The maximum absolute atomic E-state index is 12.0. The fraction of sp³-hybridized carbons (Fsp3) is 0.214. The van der Waals surface area contributed by atoms with Gasteiger partial charge in [-0.3, -0.25) is 25.8 Å². The average molecular weight is 317 g/mol. The molecule has 0 bridgehead atoms. The van der Waals surface area contributed by atoms with Crippen LogP contribution in [0, 0.1) is 17.0 Å². The summed E-state index contributed by atoms with van der Waals surface area (Å²) in [6, 6.07) is 6.86. The van der Waals surface area contributed by atoms with Crippen LogP contribution in [0.5, 0.6) is 5.88 Å². The van der Waals surface area contributed by atoms with Gasteiger partial charge >= 0.3 is 5.69 Å². The summed E-state index contributed by atoms with van der Waals surface area (Å²) in [5, 5.41) is 11.2. The zero-order valence-electron chi connectivity index (χ0n) is 12.6. The number of ether oxygens (including phenoxy) is 1. The number of hydrazine groups is 1. The molecule has 9 heteroatoms. The quantitative estimate of drug-likeness (QED) is 0.616. The number of anilines is 1. The van der Waals surface area contributed by atoms with Gasteiger partial charge < -0.3 is 4.74 Å². The molecule has 1 aromatic carbocycles. The minimum Gasteiger partial charge on any atom is -0.473 e. The lowest BCUT2D eigenvalue weighted by atomic mass is 10.1. The molecule has 120 valence electrons. The van der Waals surface area contributed by atoms with Crippen molar-refractivity contribution in [2.45, 2.75) is 13.8 Å². The first-order chi connectivity index (χ1) is 11.0. The number of nitrogens with one attached hydrogen (secondary N) is 2. The topological polar surface area (TPSA) is 119 Å². The summed E-state index contributed by atoms with van der Waals surface area (Å²) in [6.07, 6.45) is 1.11. The highest BCUT2D eigenvalue weighted by Gasteiger charge is 2.24. The predicted molar refractivity (Wildman–Crippen MR) is 82.1 cm³/mol. The van der Waals surface area contributed by atoms with Crippen LogP contribution in [0.1, 0.15) is 22.8 Å². The predicted octanol–water partition coefficient (Wildman–Crippen LogP) is 1.85. The Balaban J connectivity index is 2.16. The number of carbonyl (C=O) groups excluding carboxylic acids is 1. The lowest BCUT2D eigenvalue weighted by Crippen LogP contribution is -2.30. The van der Waals surface area contributed by atoms with E-state index in [9.17, 15) is 14.9 Å². The molecule has 0 aliphatic rings. The Morgan fingerprint density at radius 2 is 2.00 bits per heavy atom. The minimum absolute atomic E-state index is 0.158. The van der Waals surface area contributed by atoms with Crippen molar-refractivity contribution in [2.75, 3.05) is 12.0 Å². The molecule has 1 aromatic heterocycles. The Bertz CT molecular complexity index is 718.